The Kier molecular flexibility index (Phi) is 7.06. The number of rotatable bonds is 9. The van der Waals surface area contributed by atoms with Crippen molar-refractivity contribution >= 4 is 12.4 Å². The number of hydrogen-bond donors (Lipinski definition) is 1. The van der Waals surface area contributed by atoms with Crippen molar-refractivity contribution in [2.45, 2.75) is 18.7 Å². The molecular weight excluding hydrogens is 317 g/mol. The first-order chi connectivity index (χ1) is 12.9. The van der Waals surface area contributed by atoms with Gasteiger partial charge in [-0.1, -0.05) is 91.0 Å². The summed E-state index contributed by atoms with van der Waals surface area (Å²) in [6.45, 7) is 1.21. The standard InChI is InChI=1S/C23H26BNO/c25-18-19-26-24(22-14-8-3-9-15-22)17-16-23(20-10-4-1-5-11-20)21-12-6-2-7-13-21/h1-15,23H,16-19,25H2. The van der Waals surface area contributed by atoms with Crippen molar-refractivity contribution in [2.24, 2.45) is 5.73 Å². The summed E-state index contributed by atoms with van der Waals surface area (Å²) in [6.07, 6.45) is 1.98. The lowest BCUT2D eigenvalue weighted by molar-refractivity contribution is 0.336. The number of benzene rings is 3. The van der Waals surface area contributed by atoms with Crippen LogP contribution in [0.2, 0.25) is 6.32 Å². The van der Waals surface area contributed by atoms with Crippen LogP contribution in [-0.4, -0.2) is 20.1 Å². The molecule has 3 heteroatoms. The van der Waals surface area contributed by atoms with E-state index in [-0.39, 0.29) is 6.92 Å². The van der Waals surface area contributed by atoms with Crippen LogP contribution < -0.4 is 11.2 Å². The quantitative estimate of drug-likeness (QED) is 0.594. The Bertz CT molecular complexity index is 709. The maximum Gasteiger partial charge on any atom is 0.326 e. The molecule has 26 heavy (non-hydrogen) atoms. The smallest absolute Gasteiger partial charge is 0.326 e. The molecule has 3 rings (SSSR count). The van der Waals surface area contributed by atoms with Crippen LogP contribution in [0.3, 0.4) is 0 Å². The predicted octanol–water partition coefficient (Wildman–Crippen LogP) is 4.08. The van der Waals surface area contributed by atoms with E-state index in [4.69, 9.17) is 10.4 Å². The minimum Gasteiger partial charge on any atom is -0.429 e. The van der Waals surface area contributed by atoms with Crippen LogP contribution in [-0.2, 0) is 4.65 Å². The van der Waals surface area contributed by atoms with Gasteiger partial charge in [-0.25, -0.2) is 0 Å². The molecule has 3 aromatic carbocycles. The molecule has 0 amide bonds. The fourth-order valence-corrected chi connectivity index (χ4v) is 3.44. The predicted molar refractivity (Wildman–Crippen MR) is 111 cm³/mol. The van der Waals surface area contributed by atoms with E-state index in [1.165, 1.54) is 16.6 Å². The molecule has 0 saturated heterocycles. The van der Waals surface area contributed by atoms with Gasteiger partial charge in [0, 0.05) is 19.1 Å². The monoisotopic (exact) mass is 343 g/mol. The summed E-state index contributed by atoms with van der Waals surface area (Å²) in [5.41, 5.74) is 9.59. The van der Waals surface area contributed by atoms with Crippen LogP contribution in [0.5, 0.6) is 0 Å². The van der Waals surface area contributed by atoms with E-state index in [1.54, 1.807) is 0 Å². The van der Waals surface area contributed by atoms with E-state index < -0.39 is 0 Å². The fraction of sp³-hybridized carbons (Fsp3) is 0.217. The number of nitrogens with two attached hydrogens (primary N) is 1. The molecule has 0 aliphatic heterocycles. The van der Waals surface area contributed by atoms with Crippen molar-refractivity contribution in [1.82, 2.24) is 0 Å². The lowest BCUT2D eigenvalue weighted by Gasteiger charge is -2.21. The van der Waals surface area contributed by atoms with Crippen molar-refractivity contribution in [3.8, 4) is 0 Å². The zero-order valence-electron chi connectivity index (χ0n) is 15.1. The molecule has 0 aliphatic carbocycles. The summed E-state index contributed by atoms with van der Waals surface area (Å²) in [5, 5.41) is 0. The second kappa shape index (κ2) is 9.96. The Labute approximate surface area is 157 Å². The van der Waals surface area contributed by atoms with Crippen LogP contribution in [0.25, 0.3) is 0 Å². The van der Waals surface area contributed by atoms with Crippen LogP contribution >= 0.6 is 0 Å². The summed E-state index contributed by atoms with van der Waals surface area (Å²) >= 11 is 0. The minimum absolute atomic E-state index is 0.0784. The molecule has 0 saturated carbocycles. The lowest BCUT2D eigenvalue weighted by Crippen LogP contribution is -2.35. The molecule has 0 aromatic heterocycles. The van der Waals surface area contributed by atoms with Gasteiger partial charge >= 0.3 is 6.92 Å². The zero-order chi connectivity index (χ0) is 18.0. The molecule has 0 heterocycles. The molecule has 2 nitrogen and oxygen atoms in total. The van der Waals surface area contributed by atoms with Crippen LogP contribution in [0.4, 0.5) is 0 Å². The Balaban J connectivity index is 1.79. The Morgan fingerprint density at radius 2 is 1.23 bits per heavy atom. The molecule has 0 bridgehead atoms. The SMILES string of the molecule is NCCOB(CCC(c1ccccc1)c1ccccc1)c1ccccc1. The summed E-state index contributed by atoms with van der Waals surface area (Å²) in [7, 11) is 0. The molecule has 0 radical (unpaired) electrons. The van der Waals surface area contributed by atoms with E-state index in [1.807, 2.05) is 6.07 Å². The summed E-state index contributed by atoms with van der Waals surface area (Å²) in [4.78, 5) is 0. The zero-order valence-corrected chi connectivity index (χ0v) is 15.1. The second-order valence-corrected chi connectivity index (χ2v) is 6.51. The normalized spacial score (nSPS) is 10.8. The Morgan fingerprint density at radius 3 is 1.73 bits per heavy atom. The van der Waals surface area contributed by atoms with Gasteiger partial charge in [0.2, 0.25) is 0 Å². The van der Waals surface area contributed by atoms with Crippen molar-refractivity contribution < 1.29 is 4.65 Å². The van der Waals surface area contributed by atoms with Gasteiger partial charge in [-0.05, 0) is 29.3 Å². The Hall–Kier alpha value is -2.36. The van der Waals surface area contributed by atoms with E-state index in [0.29, 0.717) is 19.1 Å². The fourth-order valence-electron chi connectivity index (χ4n) is 3.44. The summed E-state index contributed by atoms with van der Waals surface area (Å²) < 4.78 is 6.07. The van der Waals surface area contributed by atoms with Gasteiger partial charge < -0.3 is 10.4 Å². The minimum atomic E-state index is 0.0784. The molecular formula is C23H26BNO. The molecule has 0 aliphatic rings. The van der Waals surface area contributed by atoms with Crippen LogP contribution in [0, 0.1) is 0 Å². The molecule has 132 valence electrons. The summed E-state index contributed by atoms with van der Waals surface area (Å²) in [6, 6.07) is 31.9. The maximum absolute atomic E-state index is 6.07. The molecule has 2 N–H and O–H groups in total. The molecule has 3 aromatic rings. The maximum atomic E-state index is 6.07. The van der Waals surface area contributed by atoms with Gasteiger partial charge in [0.05, 0.1) is 0 Å². The van der Waals surface area contributed by atoms with Gasteiger partial charge in [-0.2, -0.15) is 0 Å². The van der Waals surface area contributed by atoms with E-state index >= 15 is 0 Å². The van der Waals surface area contributed by atoms with E-state index in [9.17, 15) is 0 Å². The third-order valence-electron chi connectivity index (χ3n) is 4.73. The topological polar surface area (TPSA) is 35.2 Å². The Morgan fingerprint density at radius 1 is 0.731 bits per heavy atom. The number of hydrogen-bond acceptors (Lipinski definition) is 2. The average molecular weight is 343 g/mol. The van der Waals surface area contributed by atoms with Crippen molar-refractivity contribution in [2.75, 3.05) is 13.2 Å². The second-order valence-electron chi connectivity index (χ2n) is 6.51. The van der Waals surface area contributed by atoms with Gasteiger partial charge in [0.1, 0.15) is 0 Å². The van der Waals surface area contributed by atoms with Crippen LogP contribution in [0.1, 0.15) is 23.5 Å². The first kappa shape index (κ1) is 18.4. The van der Waals surface area contributed by atoms with E-state index in [0.717, 1.165) is 12.7 Å². The average Bonchev–Trinajstić information content (AvgIpc) is 2.72. The highest BCUT2D eigenvalue weighted by molar-refractivity contribution is 6.67. The molecule has 0 unspecified atom stereocenters. The molecule has 0 spiro atoms. The van der Waals surface area contributed by atoms with E-state index in [2.05, 4.69) is 84.9 Å². The lowest BCUT2D eigenvalue weighted by atomic mass is 9.56. The van der Waals surface area contributed by atoms with Gasteiger partial charge in [-0.15, -0.1) is 0 Å². The van der Waals surface area contributed by atoms with Crippen molar-refractivity contribution in [3.63, 3.8) is 0 Å². The van der Waals surface area contributed by atoms with Gasteiger partial charge in [0.15, 0.2) is 0 Å². The highest BCUT2D eigenvalue weighted by atomic mass is 16.4. The first-order valence-electron chi connectivity index (χ1n) is 9.35. The first-order valence-corrected chi connectivity index (χ1v) is 9.35. The highest BCUT2D eigenvalue weighted by Gasteiger charge is 2.22. The highest BCUT2D eigenvalue weighted by Crippen LogP contribution is 2.29. The van der Waals surface area contributed by atoms with Crippen molar-refractivity contribution in [3.05, 3.63) is 102 Å². The molecule has 0 atom stereocenters. The molecule has 0 fully saturated rings. The summed E-state index contributed by atoms with van der Waals surface area (Å²) in [5.74, 6) is 0.366. The third kappa shape index (κ3) is 5.07. The van der Waals surface area contributed by atoms with Crippen LogP contribution in [0.15, 0.2) is 91.0 Å². The van der Waals surface area contributed by atoms with Gasteiger partial charge in [0.25, 0.3) is 0 Å². The largest absolute Gasteiger partial charge is 0.429 e. The van der Waals surface area contributed by atoms with Crippen molar-refractivity contribution in [1.29, 1.82) is 0 Å². The third-order valence-corrected chi connectivity index (χ3v) is 4.73. The van der Waals surface area contributed by atoms with Gasteiger partial charge in [-0.3, -0.25) is 0 Å².